The molecule has 1 amide bonds. The van der Waals surface area contributed by atoms with E-state index >= 15 is 0 Å². The van der Waals surface area contributed by atoms with Crippen molar-refractivity contribution in [2.24, 2.45) is 0 Å². The van der Waals surface area contributed by atoms with E-state index in [4.69, 9.17) is 0 Å². The van der Waals surface area contributed by atoms with E-state index in [0.717, 1.165) is 17.0 Å². The fraction of sp³-hybridized carbons (Fsp3) is 0.182. The lowest BCUT2D eigenvalue weighted by atomic mass is 10.1. The van der Waals surface area contributed by atoms with E-state index in [1.54, 1.807) is 35.7 Å². The van der Waals surface area contributed by atoms with Gasteiger partial charge in [-0.15, -0.1) is 5.10 Å². The maximum absolute atomic E-state index is 13.8. The molecule has 2 aromatic carbocycles. The van der Waals surface area contributed by atoms with Crippen LogP contribution in [-0.4, -0.2) is 25.5 Å². The van der Waals surface area contributed by atoms with E-state index in [2.05, 4.69) is 20.4 Å². The van der Waals surface area contributed by atoms with Gasteiger partial charge in [-0.2, -0.15) is 4.98 Å². The number of thioether (sulfide) groups is 1. The Morgan fingerprint density at radius 2 is 1.90 bits per heavy atom. The molecule has 6 nitrogen and oxygen atoms in total. The first-order valence-electron chi connectivity index (χ1n) is 9.40. The number of anilines is 1. The molecule has 30 heavy (non-hydrogen) atoms. The van der Waals surface area contributed by atoms with E-state index in [-0.39, 0.29) is 11.7 Å². The molecule has 0 saturated heterocycles. The third-order valence-corrected chi connectivity index (χ3v) is 5.53. The van der Waals surface area contributed by atoms with Crippen molar-refractivity contribution in [3.8, 4) is 0 Å². The summed E-state index contributed by atoms with van der Waals surface area (Å²) in [7, 11) is 0. The number of benzene rings is 2. The standard InChI is InChI=1S/C22H20FN5OS/c1-13-8-9-17(11-19(13)23)25-20(29)18-7-5-4-6-16(18)12-30-22-26-21-24-14(2)10-15(3)28(21)27-22/h4-11H,12H2,1-3H3,(H,25,29). The van der Waals surface area contributed by atoms with Crippen LogP contribution in [0.1, 0.15) is 32.9 Å². The molecule has 0 atom stereocenters. The summed E-state index contributed by atoms with van der Waals surface area (Å²) in [5.41, 5.74) is 4.17. The van der Waals surface area contributed by atoms with Crippen LogP contribution >= 0.6 is 11.8 Å². The van der Waals surface area contributed by atoms with Crippen molar-refractivity contribution < 1.29 is 9.18 Å². The molecule has 0 bridgehead atoms. The molecule has 0 radical (unpaired) electrons. The Kier molecular flexibility index (Phi) is 5.50. The van der Waals surface area contributed by atoms with Gasteiger partial charge in [-0.05, 0) is 56.2 Å². The maximum atomic E-state index is 13.8. The highest BCUT2D eigenvalue weighted by Gasteiger charge is 2.14. The third-order valence-electron chi connectivity index (χ3n) is 4.65. The van der Waals surface area contributed by atoms with E-state index in [1.807, 2.05) is 32.0 Å². The molecule has 2 aromatic heterocycles. The topological polar surface area (TPSA) is 72.2 Å². The summed E-state index contributed by atoms with van der Waals surface area (Å²) >= 11 is 1.43. The Hall–Kier alpha value is -3.26. The quantitative estimate of drug-likeness (QED) is 0.472. The Labute approximate surface area is 177 Å². The third kappa shape index (κ3) is 4.18. The Balaban J connectivity index is 1.52. The Morgan fingerprint density at radius 1 is 1.10 bits per heavy atom. The van der Waals surface area contributed by atoms with Gasteiger partial charge in [0.25, 0.3) is 11.7 Å². The molecule has 1 N–H and O–H groups in total. The normalized spacial score (nSPS) is 11.1. The number of hydrogen-bond acceptors (Lipinski definition) is 5. The lowest BCUT2D eigenvalue weighted by Gasteiger charge is -2.10. The molecule has 2 heterocycles. The molecule has 0 aliphatic heterocycles. The highest BCUT2D eigenvalue weighted by Crippen LogP contribution is 2.24. The van der Waals surface area contributed by atoms with Crippen molar-refractivity contribution in [3.05, 3.63) is 82.4 Å². The number of nitrogens with zero attached hydrogens (tertiary/aromatic N) is 4. The number of aryl methyl sites for hydroxylation is 3. The molecule has 8 heteroatoms. The van der Waals surface area contributed by atoms with Gasteiger partial charge in [0.2, 0.25) is 5.16 Å². The summed E-state index contributed by atoms with van der Waals surface area (Å²) in [6.07, 6.45) is 0. The molecular weight excluding hydrogens is 401 g/mol. The fourth-order valence-corrected chi connectivity index (χ4v) is 3.91. The predicted molar refractivity (Wildman–Crippen MR) is 115 cm³/mol. The van der Waals surface area contributed by atoms with Crippen molar-refractivity contribution in [1.82, 2.24) is 19.6 Å². The zero-order valence-electron chi connectivity index (χ0n) is 16.8. The van der Waals surface area contributed by atoms with Crippen molar-refractivity contribution in [3.63, 3.8) is 0 Å². The molecular formula is C22H20FN5OS. The average Bonchev–Trinajstić information content (AvgIpc) is 3.12. The van der Waals surface area contributed by atoms with E-state index < -0.39 is 0 Å². The minimum Gasteiger partial charge on any atom is -0.322 e. The summed E-state index contributed by atoms with van der Waals surface area (Å²) < 4.78 is 15.5. The van der Waals surface area contributed by atoms with Gasteiger partial charge >= 0.3 is 0 Å². The monoisotopic (exact) mass is 421 g/mol. The summed E-state index contributed by atoms with van der Waals surface area (Å²) in [6, 6.07) is 13.9. The van der Waals surface area contributed by atoms with Gasteiger partial charge in [-0.25, -0.2) is 13.9 Å². The number of nitrogens with one attached hydrogen (secondary N) is 1. The Morgan fingerprint density at radius 3 is 2.70 bits per heavy atom. The van der Waals surface area contributed by atoms with Gasteiger partial charge in [0.15, 0.2) is 0 Å². The first-order chi connectivity index (χ1) is 14.4. The second-order valence-corrected chi connectivity index (χ2v) is 7.95. The highest BCUT2D eigenvalue weighted by molar-refractivity contribution is 7.98. The van der Waals surface area contributed by atoms with Gasteiger partial charge in [0, 0.05) is 28.4 Å². The first-order valence-corrected chi connectivity index (χ1v) is 10.4. The largest absolute Gasteiger partial charge is 0.322 e. The highest BCUT2D eigenvalue weighted by atomic mass is 32.2. The van der Waals surface area contributed by atoms with Crippen LogP contribution in [0.15, 0.2) is 53.7 Å². The Bertz CT molecular complexity index is 1250. The van der Waals surface area contributed by atoms with Crippen molar-refractivity contribution in [1.29, 1.82) is 0 Å². The van der Waals surface area contributed by atoms with Gasteiger partial charge in [-0.3, -0.25) is 4.79 Å². The zero-order chi connectivity index (χ0) is 21.3. The van der Waals surface area contributed by atoms with Crippen molar-refractivity contribution in [2.45, 2.75) is 31.7 Å². The summed E-state index contributed by atoms with van der Waals surface area (Å²) in [4.78, 5) is 21.6. The number of aromatic nitrogens is 4. The minimum absolute atomic E-state index is 0.287. The zero-order valence-corrected chi connectivity index (χ0v) is 17.6. The lowest BCUT2D eigenvalue weighted by molar-refractivity contribution is 0.102. The fourth-order valence-electron chi connectivity index (χ4n) is 3.09. The van der Waals surface area contributed by atoms with E-state index in [1.165, 1.54) is 17.8 Å². The number of fused-ring (bicyclic) bond motifs is 1. The smallest absolute Gasteiger partial charge is 0.255 e. The summed E-state index contributed by atoms with van der Waals surface area (Å²) in [5.74, 6) is 0.433. The first kappa shape index (κ1) is 20.0. The van der Waals surface area contributed by atoms with Crippen molar-refractivity contribution in [2.75, 3.05) is 5.32 Å². The van der Waals surface area contributed by atoms with Crippen LogP contribution in [0.4, 0.5) is 10.1 Å². The number of amides is 1. The molecule has 0 fully saturated rings. The van der Waals surface area contributed by atoms with Gasteiger partial charge in [0.05, 0.1) is 0 Å². The number of rotatable bonds is 5. The van der Waals surface area contributed by atoms with Gasteiger partial charge < -0.3 is 5.32 Å². The molecule has 0 spiro atoms. The van der Waals surface area contributed by atoms with Crippen molar-refractivity contribution >= 4 is 29.1 Å². The summed E-state index contributed by atoms with van der Waals surface area (Å²) in [6.45, 7) is 5.56. The second-order valence-electron chi connectivity index (χ2n) is 7.01. The van der Waals surface area contributed by atoms with E-state index in [0.29, 0.717) is 33.5 Å². The van der Waals surface area contributed by atoms with E-state index in [9.17, 15) is 9.18 Å². The molecule has 152 valence electrons. The van der Waals surface area contributed by atoms with Crippen LogP contribution in [0.2, 0.25) is 0 Å². The predicted octanol–water partition coefficient (Wildman–Crippen LogP) is 4.73. The maximum Gasteiger partial charge on any atom is 0.255 e. The van der Waals surface area contributed by atoms with Gasteiger partial charge in [0.1, 0.15) is 5.82 Å². The van der Waals surface area contributed by atoms with Crippen LogP contribution in [0.25, 0.3) is 5.78 Å². The molecule has 4 aromatic rings. The molecule has 0 aliphatic rings. The van der Waals surface area contributed by atoms with Crippen LogP contribution in [0.5, 0.6) is 0 Å². The molecule has 0 aliphatic carbocycles. The summed E-state index contributed by atoms with van der Waals surface area (Å²) in [5, 5.41) is 7.85. The number of halogens is 1. The average molecular weight is 422 g/mol. The molecule has 0 unspecified atom stereocenters. The SMILES string of the molecule is Cc1cc(C)n2nc(SCc3ccccc3C(=O)Nc3ccc(C)c(F)c3)nc2n1. The van der Waals surface area contributed by atoms with Crippen LogP contribution in [-0.2, 0) is 5.75 Å². The molecule has 4 rings (SSSR count). The van der Waals surface area contributed by atoms with Gasteiger partial charge in [-0.1, -0.05) is 36.0 Å². The van der Waals surface area contributed by atoms with Crippen LogP contribution < -0.4 is 5.32 Å². The molecule has 0 saturated carbocycles. The number of carbonyl (C=O) groups excluding carboxylic acids is 1. The van der Waals surface area contributed by atoms with Crippen LogP contribution in [0, 0.1) is 26.6 Å². The number of hydrogen-bond donors (Lipinski definition) is 1. The lowest BCUT2D eigenvalue weighted by Crippen LogP contribution is -2.14. The number of carbonyl (C=O) groups is 1. The minimum atomic E-state index is -0.353. The second kappa shape index (κ2) is 8.23. The van der Waals surface area contributed by atoms with Crippen LogP contribution in [0.3, 0.4) is 0 Å².